The number of aliphatic hydroxyl groups is 1. The summed E-state index contributed by atoms with van der Waals surface area (Å²) in [7, 11) is 3.15. The SMILES string of the molecule is COc1cc(CNC(=O)c2cn(CC3(O)CCNCC3)nn2)cc(OC)c1.Cl. The molecule has 1 saturated heterocycles. The van der Waals surface area contributed by atoms with Crippen molar-refractivity contribution < 1.29 is 19.4 Å². The van der Waals surface area contributed by atoms with Crippen LogP contribution < -0.4 is 20.1 Å². The first kappa shape index (κ1) is 21.9. The van der Waals surface area contributed by atoms with E-state index in [4.69, 9.17) is 9.47 Å². The molecule has 1 aliphatic heterocycles. The van der Waals surface area contributed by atoms with Gasteiger partial charge in [0.2, 0.25) is 0 Å². The molecule has 0 aliphatic carbocycles. The zero-order valence-corrected chi connectivity index (χ0v) is 16.8. The van der Waals surface area contributed by atoms with Crippen LogP contribution in [0, 0.1) is 0 Å². The van der Waals surface area contributed by atoms with Gasteiger partial charge in [0.25, 0.3) is 5.91 Å². The minimum Gasteiger partial charge on any atom is -0.497 e. The Morgan fingerprint density at radius 3 is 2.50 bits per heavy atom. The average Bonchev–Trinajstić information content (AvgIpc) is 3.14. The molecule has 0 bridgehead atoms. The lowest BCUT2D eigenvalue weighted by atomic mass is 9.92. The molecule has 10 heteroatoms. The van der Waals surface area contributed by atoms with Gasteiger partial charge in [0.1, 0.15) is 11.5 Å². The molecule has 1 aromatic heterocycles. The fourth-order valence-electron chi connectivity index (χ4n) is 3.07. The lowest BCUT2D eigenvalue weighted by Gasteiger charge is -2.32. The number of ether oxygens (including phenoxy) is 2. The third-order valence-electron chi connectivity index (χ3n) is 4.63. The second-order valence-electron chi connectivity index (χ2n) is 6.68. The van der Waals surface area contributed by atoms with E-state index in [-0.39, 0.29) is 24.0 Å². The van der Waals surface area contributed by atoms with E-state index in [1.54, 1.807) is 26.5 Å². The lowest BCUT2D eigenvalue weighted by Crippen LogP contribution is -2.44. The third kappa shape index (κ3) is 5.57. The highest BCUT2D eigenvalue weighted by molar-refractivity contribution is 5.91. The van der Waals surface area contributed by atoms with Gasteiger partial charge in [0.05, 0.1) is 32.6 Å². The molecule has 2 heterocycles. The van der Waals surface area contributed by atoms with Gasteiger partial charge in [-0.15, -0.1) is 17.5 Å². The molecule has 3 rings (SSSR count). The van der Waals surface area contributed by atoms with E-state index < -0.39 is 5.60 Å². The highest BCUT2D eigenvalue weighted by Gasteiger charge is 2.30. The van der Waals surface area contributed by atoms with Crippen molar-refractivity contribution in [2.24, 2.45) is 0 Å². The first-order chi connectivity index (χ1) is 13.0. The zero-order chi connectivity index (χ0) is 19.3. The first-order valence-electron chi connectivity index (χ1n) is 8.85. The summed E-state index contributed by atoms with van der Waals surface area (Å²) in [6.45, 7) is 2.15. The van der Waals surface area contributed by atoms with Crippen molar-refractivity contribution in [2.75, 3.05) is 27.3 Å². The van der Waals surface area contributed by atoms with Crippen molar-refractivity contribution in [3.63, 3.8) is 0 Å². The van der Waals surface area contributed by atoms with E-state index in [0.717, 1.165) is 18.7 Å². The van der Waals surface area contributed by atoms with Crippen molar-refractivity contribution in [1.82, 2.24) is 25.6 Å². The second kappa shape index (κ2) is 9.72. The van der Waals surface area contributed by atoms with Crippen molar-refractivity contribution in [3.8, 4) is 11.5 Å². The standard InChI is InChI=1S/C18H25N5O4.ClH/c1-26-14-7-13(8-15(9-14)27-2)10-20-17(24)16-11-23(22-21-16)12-18(25)3-5-19-6-4-18;/h7-9,11,19,25H,3-6,10,12H2,1-2H3,(H,20,24);1H. The number of nitrogens with zero attached hydrogens (tertiary/aromatic N) is 3. The molecule has 9 nitrogen and oxygen atoms in total. The van der Waals surface area contributed by atoms with Gasteiger partial charge >= 0.3 is 0 Å². The highest BCUT2D eigenvalue weighted by Crippen LogP contribution is 2.22. The van der Waals surface area contributed by atoms with Crippen LogP contribution in [-0.2, 0) is 13.1 Å². The summed E-state index contributed by atoms with van der Waals surface area (Å²) in [4.78, 5) is 12.4. The van der Waals surface area contributed by atoms with Gasteiger partial charge < -0.3 is 25.2 Å². The summed E-state index contributed by atoms with van der Waals surface area (Å²) in [6.07, 6.45) is 2.85. The Hall–Kier alpha value is -2.36. The molecule has 2 aromatic rings. The van der Waals surface area contributed by atoms with Crippen molar-refractivity contribution in [1.29, 1.82) is 0 Å². The van der Waals surface area contributed by atoms with Gasteiger partial charge in [-0.3, -0.25) is 4.79 Å². The summed E-state index contributed by atoms with van der Waals surface area (Å²) in [5.41, 5.74) is 0.238. The van der Waals surface area contributed by atoms with E-state index in [1.165, 1.54) is 4.68 Å². The molecule has 28 heavy (non-hydrogen) atoms. The number of aromatic nitrogens is 3. The van der Waals surface area contributed by atoms with Crippen molar-refractivity contribution in [3.05, 3.63) is 35.7 Å². The van der Waals surface area contributed by atoms with Crippen molar-refractivity contribution in [2.45, 2.75) is 31.5 Å². The molecular weight excluding hydrogens is 386 g/mol. The molecule has 3 N–H and O–H groups in total. The maximum atomic E-state index is 12.4. The van der Waals surface area contributed by atoms with Crippen LogP contribution >= 0.6 is 12.4 Å². The van der Waals surface area contributed by atoms with Gasteiger partial charge in [-0.25, -0.2) is 4.68 Å². The van der Waals surface area contributed by atoms with Gasteiger partial charge in [0, 0.05) is 12.6 Å². The van der Waals surface area contributed by atoms with Gasteiger partial charge in [-0.2, -0.15) is 0 Å². The molecule has 1 amide bonds. The van der Waals surface area contributed by atoms with Crippen LogP contribution in [0.2, 0.25) is 0 Å². The lowest BCUT2D eigenvalue weighted by molar-refractivity contribution is -0.00866. The van der Waals surface area contributed by atoms with E-state index in [1.807, 2.05) is 12.1 Å². The van der Waals surface area contributed by atoms with Gasteiger partial charge in [0.15, 0.2) is 5.69 Å². The number of nitrogens with one attached hydrogen (secondary N) is 2. The molecule has 1 fully saturated rings. The van der Waals surface area contributed by atoms with E-state index >= 15 is 0 Å². The van der Waals surface area contributed by atoms with Crippen LogP contribution in [0.1, 0.15) is 28.9 Å². The Balaban J connectivity index is 0.00000280. The quantitative estimate of drug-likeness (QED) is 0.616. The number of rotatable bonds is 7. The number of halogens is 1. The second-order valence-corrected chi connectivity index (χ2v) is 6.68. The van der Waals surface area contributed by atoms with E-state index in [9.17, 15) is 9.90 Å². The summed E-state index contributed by atoms with van der Waals surface area (Å²) in [6, 6.07) is 5.42. The van der Waals surface area contributed by atoms with Gasteiger partial charge in [-0.05, 0) is 43.6 Å². The predicted molar refractivity (Wildman–Crippen MR) is 105 cm³/mol. The number of amides is 1. The zero-order valence-electron chi connectivity index (χ0n) is 16.0. The van der Waals surface area contributed by atoms with E-state index in [0.29, 0.717) is 37.4 Å². The molecule has 1 aliphatic rings. The Labute approximate surface area is 169 Å². The predicted octanol–water partition coefficient (Wildman–Crippen LogP) is 0.762. The number of methoxy groups -OCH3 is 2. The Kier molecular flexibility index (Phi) is 7.61. The van der Waals surface area contributed by atoms with Crippen LogP contribution in [0.25, 0.3) is 0 Å². The normalized spacial score (nSPS) is 15.4. The van der Waals surface area contributed by atoms with Crippen LogP contribution in [0.4, 0.5) is 0 Å². The average molecular weight is 412 g/mol. The molecule has 1 aromatic carbocycles. The Morgan fingerprint density at radius 2 is 1.89 bits per heavy atom. The minimum absolute atomic E-state index is 0. The number of hydrogen-bond donors (Lipinski definition) is 3. The fraction of sp³-hybridized carbons (Fsp3) is 0.500. The Morgan fingerprint density at radius 1 is 1.25 bits per heavy atom. The number of benzene rings is 1. The Bertz CT molecular complexity index is 770. The number of hydrogen-bond acceptors (Lipinski definition) is 7. The molecule has 154 valence electrons. The largest absolute Gasteiger partial charge is 0.497 e. The summed E-state index contributed by atoms with van der Waals surface area (Å²) >= 11 is 0. The summed E-state index contributed by atoms with van der Waals surface area (Å²) in [5.74, 6) is 0.972. The smallest absolute Gasteiger partial charge is 0.273 e. The third-order valence-corrected chi connectivity index (χ3v) is 4.63. The molecule has 0 atom stereocenters. The molecular formula is C18H26ClN5O4. The highest BCUT2D eigenvalue weighted by atomic mass is 35.5. The maximum Gasteiger partial charge on any atom is 0.273 e. The fourth-order valence-corrected chi connectivity index (χ4v) is 3.07. The summed E-state index contributed by atoms with van der Waals surface area (Å²) < 4.78 is 12.0. The van der Waals surface area contributed by atoms with Gasteiger partial charge in [-0.1, -0.05) is 5.21 Å². The topological polar surface area (TPSA) is 111 Å². The molecule has 0 spiro atoms. The number of carbonyl (C=O) groups is 1. The van der Waals surface area contributed by atoms with E-state index in [2.05, 4.69) is 20.9 Å². The number of piperidine rings is 1. The summed E-state index contributed by atoms with van der Waals surface area (Å²) in [5, 5.41) is 24.5. The first-order valence-corrected chi connectivity index (χ1v) is 8.85. The van der Waals surface area contributed by atoms with Crippen LogP contribution in [0.15, 0.2) is 24.4 Å². The van der Waals surface area contributed by atoms with Crippen LogP contribution in [-0.4, -0.2) is 58.9 Å². The molecule has 0 unspecified atom stereocenters. The van der Waals surface area contributed by atoms with Crippen LogP contribution in [0.5, 0.6) is 11.5 Å². The minimum atomic E-state index is -0.816. The molecule has 0 saturated carbocycles. The number of carbonyl (C=O) groups excluding carboxylic acids is 1. The van der Waals surface area contributed by atoms with Crippen molar-refractivity contribution >= 4 is 18.3 Å². The maximum absolute atomic E-state index is 12.4. The molecule has 0 radical (unpaired) electrons. The monoisotopic (exact) mass is 411 g/mol. The van der Waals surface area contributed by atoms with Crippen LogP contribution in [0.3, 0.4) is 0 Å².